The molecule has 5 nitrogen and oxygen atoms in total. The topological polar surface area (TPSA) is 61.3 Å². The second-order valence-corrected chi connectivity index (χ2v) is 5.77. The highest BCUT2D eigenvalue weighted by atomic mass is 79.9. The van der Waals surface area contributed by atoms with Crippen molar-refractivity contribution < 1.29 is 5.11 Å². The summed E-state index contributed by atoms with van der Waals surface area (Å²) in [6.07, 6.45) is 3.38. The van der Waals surface area contributed by atoms with Crippen LogP contribution in [0.2, 0.25) is 5.02 Å². The van der Waals surface area contributed by atoms with Crippen molar-refractivity contribution >= 4 is 39.0 Å². The number of anilines is 2. The van der Waals surface area contributed by atoms with Gasteiger partial charge in [-0.3, -0.25) is 4.98 Å². The SMILES string of the molecule is CN(CCO)c1ccc(NCc2ncc(Cl)cc2Br)nc1. The largest absolute Gasteiger partial charge is 0.395 e. The summed E-state index contributed by atoms with van der Waals surface area (Å²) < 4.78 is 0.863. The predicted octanol–water partition coefficient (Wildman–Crippen LogP) is 2.93. The molecule has 0 aromatic carbocycles. The van der Waals surface area contributed by atoms with Crippen molar-refractivity contribution in [3.05, 3.63) is 45.8 Å². The molecule has 0 saturated heterocycles. The monoisotopic (exact) mass is 370 g/mol. The minimum atomic E-state index is 0.118. The van der Waals surface area contributed by atoms with E-state index in [1.165, 1.54) is 0 Å². The van der Waals surface area contributed by atoms with Crippen LogP contribution >= 0.6 is 27.5 Å². The Morgan fingerprint density at radius 3 is 2.76 bits per heavy atom. The molecule has 2 aromatic rings. The number of rotatable bonds is 6. The van der Waals surface area contributed by atoms with Crippen LogP contribution < -0.4 is 10.2 Å². The van der Waals surface area contributed by atoms with E-state index in [9.17, 15) is 0 Å². The molecule has 2 aromatic heterocycles. The highest BCUT2D eigenvalue weighted by Gasteiger charge is 2.04. The zero-order valence-electron chi connectivity index (χ0n) is 11.6. The number of halogens is 2. The lowest BCUT2D eigenvalue weighted by molar-refractivity contribution is 0.304. The highest BCUT2D eigenvalue weighted by Crippen LogP contribution is 2.20. The smallest absolute Gasteiger partial charge is 0.126 e. The van der Waals surface area contributed by atoms with E-state index < -0.39 is 0 Å². The first-order valence-corrected chi connectivity index (χ1v) is 7.59. The molecule has 0 spiro atoms. The number of pyridine rings is 2. The molecule has 7 heteroatoms. The molecule has 2 heterocycles. The van der Waals surface area contributed by atoms with Crippen molar-refractivity contribution in [2.75, 3.05) is 30.4 Å². The van der Waals surface area contributed by atoms with Gasteiger partial charge >= 0.3 is 0 Å². The van der Waals surface area contributed by atoms with E-state index in [0.717, 1.165) is 21.7 Å². The summed E-state index contributed by atoms with van der Waals surface area (Å²) in [6, 6.07) is 5.66. The number of aliphatic hydroxyl groups excluding tert-OH is 1. The minimum Gasteiger partial charge on any atom is -0.395 e. The van der Waals surface area contributed by atoms with E-state index in [1.54, 1.807) is 12.4 Å². The van der Waals surface area contributed by atoms with Crippen molar-refractivity contribution in [1.29, 1.82) is 0 Å². The van der Waals surface area contributed by atoms with Crippen LogP contribution in [-0.2, 0) is 6.54 Å². The maximum absolute atomic E-state index is 8.91. The Morgan fingerprint density at radius 1 is 1.33 bits per heavy atom. The Labute approximate surface area is 137 Å². The Kier molecular flexibility index (Phi) is 5.78. The summed E-state index contributed by atoms with van der Waals surface area (Å²) in [5, 5.41) is 12.7. The van der Waals surface area contributed by atoms with Crippen molar-refractivity contribution in [1.82, 2.24) is 9.97 Å². The average molecular weight is 372 g/mol. The van der Waals surface area contributed by atoms with Gasteiger partial charge in [0.25, 0.3) is 0 Å². The highest BCUT2D eigenvalue weighted by molar-refractivity contribution is 9.10. The quantitative estimate of drug-likeness (QED) is 0.817. The summed E-state index contributed by atoms with van der Waals surface area (Å²) in [5.41, 5.74) is 1.82. The fourth-order valence-electron chi connectivity index (χ4n) is 1.74. The summed E-state index contributed by atoms with van der Waals surface area (Å²) in [7, 11) is 1.91. The lowest BCUT2D eigenvalue weighted by Crippen LogP contribution is -2.21. The van der Waals surface area contributed by atoms with Gasteiger partial charge in [-0.05, 0) is 34.1 Å². The first-order chi connectivity index (χ1) is 10.1. The molecule has 0 bridgehead atoms. The molecule has 0 saturated carbocycles. The number of hydrogen-bond donors (Lipinski definition) is 2. The van der Waals surface area contributed by atoms with E-state index in [0.29, 0.717) is 18.1 Å². The summed E-state index contributed by atoms with van der Waals surface area (Å²) >= 11 is 9.29. The fourth-order valence-corrected chi connectivity index (χ4v) is 2.52. The van der Waals surface area contributed by atoms with E-state index in [1.807, 2.05) is 30.1 Å². The second-order valence-electron chi connectivity index (χ2n) is 4.48. The van der Waals surface area contributed by atoms with Gasteiger partial charge in [0.15, 0.2) is 0 Å². The third-order valence-corrected chi connectivity index (χ3v) is 3.84. The number of aliphatic hydroxyl groups is 1. The van der Waals surface area contributed by atoms with Crippen LogP contribution in [0.3, 0.4) is 0 Å². The van der Waals surface area contributed by atoms with Gasteiger partial charge in [-0.2, -0.15) is 0 Å². The number of likely N-dealkylation sites (N-methyl/N-ethyl adjacent to an activating group) is 1. The van der Waals surface area contributed by atoms with Gasteiger partial charge in [0.2, 0.25) is 0 Å². The van der Waals surface area contributed by atoms with Crippen LogP contribution in [-0.4, -0.2) is 35.3 Å². The van der Waals surface area contributed by atoms with Gasteiger partial charge in [0.1, 0.15) is 5.82 Å². The molecule has 0 unspecified atom stereocenters. The van der Waals surface area contributed by atoms with Crippen molar-refractivity contribution in [2.24, 2.45) is 0 Å². The molecule has 2 rings (SSSR count). The standard InChI is InChI=1S/C14H16BrClN4O/c1-20(4-5-21)11-2-3-14(18-8-11)19-9-13-12(15)6-10(16)7-17-13/h2-3,6-8,21H,4-5,9H2,1H3,(H,18,19). The van der Waals surface area contributed by atoms with Gasteiger partial charge in [-0.1, -0.05) is 11.6 Å². The Morgan fingerprint density at radius 2 is 2.14 bits per heavy atom. The zero-order chi connectivity index (χ0) is 15.2. The molecule has 21 heavy (non-hydrogen) atoms. The summed E-state index contributed by atoms with van der Waals surface area (Å²) in [5.74, 6) is 0.764. The van der Waals surface area contributed by atoms with Crippen molar-refractivity contribution in [3.63, 3.8) is 0 Å². The molecule has 112 valence electrons. The third kappa shape index (κ3) is 4.56. The Balaban J connectivity index is 1.97. The van der Waals surface area contributed by atoms with Crippen LogP contribution in [0, 0.1) is 0 Å². The van der Waals surface area contributed by atoms with Crippen LogP contribution in [0.4, 0.5) is 11.5 Å². The first kappa shape index (κ1) is 16.0. The van der Waals surface area contributed by atoms with E-state index in [4.69, 9.17) is 16.7 Å². The molecule has 0 radical (unpaired) electrons. The lowest BCUT2D eigenvalue weighted by atomic mass is 10.3. The zero-order valence-corrected chi connectivity index (χ0v) is 13.9. The van der Waals surface area contributed by atoms with Gasteiger partial charge in [0.05, 0.1) is 35.8 Å². The van der Waals surface area contributed by atoms with Crippen molar-refractivity contribution in [2.45, 2.75) is 6.54 Å². The molecule has 0 amide bonds. The van der Waals surface area contributed by atoms with E-state index in [2.05, 4.69) is 31.2 Å². The molecule has 0 aliphatic heterocycles. The molecule has 0 fully saturated rings. The van der Waals surface area contributed by atoms with E-state index in [-0.39, 0.29) is 6.61 Å². The third-order valence-electron chi connectivity index (χ3n) is 2.95. The molecule has 2 N–H and O–H groups in total. The predicted molar refractivity (Wildman–Crippen MR) is 88.9 cm³/mol. The first-order valence-electron chi connectivity index (χ1n) is 6.42. The number of nitrogens with zero attached hydrogens (tertiary/aromatic N) is 3. The summed E-state index contributed by atoms with van der Waals surface area (Å²) in [4.78, 5) is 10.5. The maximum Gasteiger partial charge on any atom is 0.126 e. The van der Waals surface area contributed by atoms with Gasteiger partial charge < -0.3 is 15.3 Å². The lowest BCUT2D eigenvalue weighted by Gasteiger charge is -2.17. The molecular formula is C14H16BrClN4O. The fraction of sp³-hybridized carbons (Fsp3) is 0.286. The molecular weight excluding hydrogens is 356 g/mol. The molecule has 0 aliphatic rings. The normalized spacial score (nSPS) is 10.5. The summed E-state index contributed by atoms with van der Waals surface area (Å²) in [6.45, 7) is 1.25. The average Bonchev–Trinajstić information content (AvgIpc) is 2.47. The molecule has 0 aliphatic carbocycles. The number of nitrogens with one attached hydrogen (secondary N) is 1. The van der Waals surface area contributed by atoms with Gasteiger partial charge in [-0.25, -0.2) is 4.98 Å². The van der Waals surface area contributed by atoms with Crippen LogP contribution in [0.25, 0.3) is 0 Å². The van der Waals surface area contributed by atoms with Crippen LogP contribution in [0.5, 0.6) is 0 Å². The van der Waals surface area contributed by atoms with Crippen LogP contribution in [0.1, 0.15) is 5.69 Å². The Hall–Kier alpha value is -1.37. The van der Waals surface area contributed by atoms with Gasteiger partial charge in [0, 0.05) is 24.3 Å². The molecule has 0 atom stereocenters. The van der Waals surface area contributed by atoms with Crippen LogP contribution in [0.15, 0.2) is 35.1 Å². The minimum absolute atomic E-state index is 0.118. The number of hydrogen-bond acceptors (Lipinski definition) is 5. The Bertz CT molecular complexity index is 594. The second kappa shape index (κ2) is 7.59. The van der Waals surface area contributed by atoms with E-state index >= 15 is 0 Å². The van der Waals surface area contributed by atoms with Crippen molar-refractivity contribution in [3.8, 4) is 0 Å². The maximum atomic E-state index is 8.91. The van der Waals surface area contributed by atoms with Gasteiger partial charge in [-0.15, -0.1) is 0 Å². The number of aromatic nitrogens is 2.